The van der Waals surface area contributed by atoms with Gasteiger partial charge in [-0.25, -0.2) is 0 Å². The van der Waals surface area contributed by atoms with Crippen LogP contribution >= 0.6 is 11.6 Å². The van der Waals surface area contributed by atoms with E-state index in [1.54, 1.807) is 0 Å². The molecule has 1 atom stereocenters. The molecule has 0 fully saturated rings. The Bertz CT molecular complexity index is 360. The minimum Gasteiger partial charge on any atom is -0.493 e. The van der Waals surface area contributed by atoms with Gasteiger partial charge in [0.15, 0.2) is 0 Å². The summed E-state index contributed by atoms with van der Waals surface area (Å²) in [4.78, 5) is 0. The van der Waals surface area contributed by atoms with E-state index in [0.717, 1.165) is 25.2 Å². The van der Waals surface area contributed by atoms with E-state index < -0.39 is 0 Å². The molecule has 1 rings (SSSR count). The summed E-state index contributed by atoms with van der Waals surface area (Å²) < 4.78 is 5.82. The van der Waals surface area contributed by atoms with Crippen molar-refractivity contribution in [2.45, 2.75) is 52.4 Å². The lowest BCUT2D eigenvalue weighted by Crippen LogP contribution is -2.03. The minimum absolute atomic E-state index is 0.486. The van der Waals surface area contributed by atoms with Gasteiger partial charge in [0.1, 0.15) is 5.75 Å². The lowest BCUT2D eigenvalue weighted by atomic mass is 9.93. The second-order valence-electron chi connectivity index (χ2n) is 5.18. The highest BCUT2D eigenvalue weighted by atomic mass is 35.5. The summed E-state index contributed by atoms with van der Waals surface area (Å²) >= 11 is 5.82. The lowest BCUT2D eigenvalue weighted by Gasteiger charge is -2.18. The molecule has 0 aliphatic rings. The van der Waals surface area contributed by atoms with Crippen molar-refractivity contribution in [3.8, 4) is 5.75 Å². The van der Waals surface area contributed by atoms with E-state index in [0.29, 0.717) is 17.7 Å². The molecule has 0 bridgehead atoms. The van der Waals surface area contributed by atoms with E-state index in [2.05, 4.69) is 45.9 Å². The van der Waals surface area contributed by atoms with Gasteiger partial charge < -0.3 is 4.74 Å². The highest BCUT2D eigenvalue weighted by Gasteiger charge is 2.12. The average molecular weight is 269 g/mol. The van der Waals surface area contributed by atoms with Gasteiger partial charge in [0.2, 0.25) is 0 Å². The highest BCUT2D eigenvalue weighted by Crippen LogP contribution is 2.31. The predicted octanol–water partition coefficient (Wildman–Crippen LogP) is 5.33. The van der Waals surface area contributed by atoms with Gasteiger partial charge in [0.05, 0.1) is 6.61 Å². The molecule has 0 saturated heterocycles. The summed E-state index contributed by atoms with van der Waals surface area (Å²) in [6.07, 6.45) is 2.07. The van der Waals surface area contributed by atoms with Crippen LogP contribution in [0.25, 0.3) is 0 Å². The Balaban J connectivity index is 2.95. The monoisotopic (exact) mass is 268 g/mol. The first-order valence-electron chi connectivity index (χ1n) is 6.92. The second-order valence-corrected chi connectivity index (χ2v) is 5.56. The van der Waals surface area contributed by atoms with Gasteiger partial charge >= 0.3 is 0 Å². The van der Waals surface area contributed by atoms with Crippen LogP contribution in [0.5, 0.6) is 5.75 Å². The Morgan fingerprint density at radius 3 is 2.50 bits per heavy atom. The first-order chi connectivity index (χ1) is 8.60. The fourth-order valence-electron chi connectivity index (χ4n) is 2.00. The zero-order chi connectivity index (χ0) is 13.5. The van der Waals surface area contributed by atoms with Crippen molar-refractivity contribution >= 4 is 11.6 Å². The van der Waals surface area contributed by atoms with Gasteiger partial charge in [-0.15, -0.1) is 11.6 Å². The molecule has 0 radical (unpaired) electrons. The van der Waals surface area contributed by atoms with Crippen molar-refractivity contribution in [3.63, 3.8) is 0 Å². The quantitative estimate of drug-likeness (QED) is 0.607. The molecule has 0 N–H and O–H groups in total. The molecule has 0 heterocycles. The van der Waals surface area contributed by atoms with E-state index in [1.165, 1.54) is 11.1 Å². The third kappa shape index (κ3) is 4.20. The molecule has 18 heavy (non-hydrogen) atoms. The molecular formula is C16H25ClO. The maximum Gasteiger partial charge on any atom is 0.122 e. The number of benzene rings is 1. The summed E-state index contributed by atoms with van der Waals surface area (Å²) in [7, 11) is 0. The number of alkyl halides is 1. The van der Waals surface area contributed by atoms with Gasteiger partial charge in [-0.3, -0.25) is 0 Å². The van der Waals surface area contributed by atoms with Crippen molar-refractivity contribution in [1.82, 2.24) is 0 Å². The van der Waals surface area contributed by atoms with E-state index in [1.807, 2.05) is 0 Å². The van der Waals surface area contributed by atoms with Crippen molar-refractivity contribution in [2.24, 2.45) is 0 Å². The number of ether oxygens (including phenoxy) is 1. The maximum atomic E-state index is 5.82. The molecule has 102 valence electrons. The average Bonchev–Trinajstić information content (AvgIpc) is 2.36. The predicted molar refractivity (Wildman–Crippen MR) is 80.1 cm³/mol. The van der Waals surface area contributed by atoms with Crippen LogP contribution < -0.4 is 4.74 Å². The Kier molecular flexibility index (Phi) is 6.56. The van der Waals surface area contributed by atoms with E-state index >= 15 is 0 Å². The Hall–Kier alpha value is -0.690. The molecule has 1 unspecified atom stereocenters. The van der Waals surface area contributed by atoms with Crippen molar-refractivity contribution in [1.29, 1.82) is 0 Å². The van der Waals surface area contributed by atoms with Crippen molar-refractivity contribution in [3.05, 3.63) is 29.3 Å². The number of rotatable bonds is 7. The lowest BCUT2D eigenvalue weighted by molar-refractivity contribution is 0.313. The SMILES string of the molecule is CCCOc1ccc(C(C)CCCl)cc1C(C)C. The first-order valence-corrected chi connectivity index (χ1v) is 7.46. The molecule has 0 spiro atoms. The number of hydrogen-bond acceptors (Lipinski definition) is 1. The zero-order valence-electron chi connectivity index (χ0n) is 12.0. The standard InChI is InChI=1S/C16H25ClO/c1-5-10-18-16-7-6-14(13(4)8-9-17)11-15(16)12(2)3/h6-7,11-13H,5,8-10H2,1-4H3. The van der Waals surface area contributed by atoms with Crippen LogP contribution in [-0.2, 0) is 0 Å². The Labute approximate surface area is 116 Å². The van der Waals surface area contributed by atoms with Gasteiger partial charge in [-0.2, -0.15) is 0 Å². The Morgan fingerprint density at radius 1 is 1.22 bits per heavy atom. The topological polar surface area (TPSA) is 9.23 Å². The van der Waals surface area contributed by atoms with Crippen LogP contribution in [0.15, 0.2) is 18.2 Å². The molecule has 2 heteroatoms. The second kappa shape index (κ2) is 7.68. The van der Waals surface area contributed by atoms with E-state index in [-0.39, 0.29) is 0 Å². The van der Waals surface area contributed by atoms with Crippen LogP contribution in [0, 0.1) is 0 Å². The van der Waals surface area contributed by atoms with Crippen molar-refractivity contribution in [2.75, 3.05) is 12.5 Å². The number of halogens is 1. The fraction of sp³-hybridized carbons (Fsp3) is 0.625. The molecule has 0 amide bonds. The van der Waals surface area contributed by atoms with Crippen LogP contribution in [-0.4, -0.2) is 12.5 Å². The normalized spacial score (nSPS) is 12.8. The largest absolute Gasteiger partial charge is 0.493 e. The van der Waals surface area contributed by atoms with Crippen LogP contribution in [0.2, 0.25) is 0 Å². The molecule has 1 aromatic rings. The van der Waals surface area contributed by atoms with Gasteiger partial charge in [0, 0.05) is 5.88 Å². The summed E-state index contributed by atoms with van der Waals surface area (Å²) in [5, 5.41) is 0. The van der Waals surface area contributed by atoms with Gasteiger partial charge in [0.25, 0.3) is 0 Å². The van der Waals surface area contributed by atoms with Gasteiger partial charge in [-0.1, -0.05) is 39.8 Å². The van der Waals surface area contributed by atoms with E-state index in [9.17, 15) is 0 Å². The summed E-state index contributed by atoms with van der Waals surface area (Å²) in [6, 6.07) is 6.58. The van der Waals surface area contributed by atoms with E-state index in [4.69, 9.17) is 16.3 Å². The van der Waals surface area contributed by atoms with Crippen LogP contribution in [0.3, 0.4) is 0 Å². The third-order valence-electron chi connectivity index (χ3n) is 3.23. The minimum atomic E-state index is 0.486. The molecule has 0 aliphatic carbocycles. The zero-order valence-corrected chi connectivity index (χ0v) is 12.8. The molecule has 0 aromatic heterocycles. The summed E-state index contributed by atoms with van der Waals surface area (Å²) in [5.74, 6) is 2.75. The fourth-order valence-corrected chi connectivity index (χ4v) is 2.33. The van der Waals surface area contributed by atoms with Crippen LogP contribution in [0.4, 0.5) is 0 Å². The molecule has 1 aromatic carbocycles. The smallest absolute Gasteiger partial charge is 0.122 e. The number of hydrogen-bond donors (Lipinski definition) is 0. The summed E-state index contributed by atoms with van der Waals surface area (Å²) in [6.45, 7) is 9.57. The Morgan fingerprint density at radius 2 is 1.94 bits per heavy atom. The molecule has 0 saturated carbocycles. The molecular weight excluding hydrogens is 244 g/mol. The van der Waals surface area contributed by atoms with Crippen molar-refractivity contribution < 1.29 is 4.74 Å². The summed E-state index contributed by atoms with van der Waals surface area (Å²) in [5.41, 5.74) is 2.67. The first kappa shape index (κ1) is 15.4. The molecule has 1 nitrogen and oxygen atoms in total. The maximum absolute atomic E-state index is 5.82. The van der Waals surface area contributed by atoms with Gasteiger partial charge in [-0.05, 0) is 41.9 Å². The highest BCUT2D eigenvalue weighted by molar-refractivity contribution is 6.17. The third-order valence-corrected chi connectivity index (χ3v) is 3.45. The van der Waals surface area contributed by atoms with Crippen LogP contribution in [0.1, 0.15) is 63.5 Å². The molecule has 0 aliphatic heterocycles.